The number of hydrogen-bond acceptors (Lipinski definition) is 3. The molecule has 2 aromatic carbocycles. The zero-order valence-corrected chi connectivity index (χ0v) is 11.9. The predicted molar refractivity (Wildman–Crippen MR) is 81.5 cm³/mol. The van der Waals surface area contributed by atoms with Crippen molar-refractivity contribution in [1.29, 1.82) is 0 Å². The Morgan fingerprint density at radius 3 is 2.91 bits per heavy atom. The maximum atomic E-state index is 12.4. The second-order valence-corrected chi connectivity index (χ2v) is 4.85. The van der Waals surface area contributed by atoms with Crippen molar-refractivity contribution < 1.29 is 18.3 Å². The van der Waals surface area contributed by atoms with Crippen LogP contribution in [0.25, 0.3) is 11.0 Å². The van der Waals surface area contributed by atoms with Gasteiger partial charge in [0.2, 0.25) is 5.91 Å². The third kappa shape index (κ3) is 3.63. The summed E-state index contributed by atoms with van der Waals surface area (Å²) >= 11 is 0. The normalized spacial score (nSPS) is 10.9. The van der Waals surface area contributed by atoms with Crippen molar-refractivity contribution in [3.8, 4) is 5.75 Å². The number of rotatable bonds is 5. The number of carbonyl (C=O) groups is 1. The molecule has 7 heteroatoms. The van der Waals surface area contributed by atoms with Crippen molar-refractivity contribution in [2.24, 2.45) is 0 Å². The maximum absolute atomic E-state index is 12.4. The highest BCUT2D eigenvalue weighted by Gasteiger charge is 2.12. The topological polar surface area (TPSA) is 67.0 Å². The summed E-state index contributed by atoms with van der Waals surface area (Å²) in [6.07, 6.45) is 1.68. The minimum atomic E-state index is -2.95. The van der Waals surface area contributed by atoms with E-state index in [2.05, 4.69) is 20.0 Å². The van der Waals surface area contributed by atoms with Gasteiger partial charge in [0.15, 0.2) is 0 Å². The number of halogens is 2. The molecule has 0 aliphatic heterocycles. The molecule has 5 nitrogen and oxygen atoms in total. The Bertz CT molecular complexity index is 833. The van der Waals surface area contributed by atoms with Gasteiger partial charge in [0.05, 0.1) is 29.5 Å². The summed E-state index contributed by atoms with van der Waals surface area (Å²) in [7, 11) is 0. The number of aromatic nitrogens is 2. The number of nitrogens with one attached hydrogen (secondary N) is 2. The first-order valence-electron chi connectivity index (χ1n) is 6.87. The van der Waals surface area contributed by atoms with Gasteiger partial charge in [0, 0.05) is 0 Å². The Labute approximate surface area is 130 Å². The van der Waals surface area contributed by atoms with Crippen LogP contribution in [-0.4, -0.2) is 22.5 Å². The van der Waals surface area contributed by atoms with Crippen LogP contribution in [0.4, 0.5) is 14.5 Å². The van der Waals surface area contributed by atoms with Crippen LogP contribution in [0.1, 0.15) is 5.56 Å². The zero-order chi connectivity index (χ0) is 16.2. The first-order chi connectivity index (χ1) is 11.1. The molecule has 0 aliphatic rings. The van der Waals surface area contributed by atoms with Gasteiger partial charge in [0.25, 0.3) is 0 Å². The fourth-order valence-electron chi connectivity index (χ4n) is 2.24. The Kier molecular flexibility index (Phi) is 4.18. The van der Waals surface area contributed by atoms with Gasteiger partial charge >= 0.3 is 6.61 Å². The van der Waals surface area contributed by atoms with E-state index >= 15 is 0 Å². The SMILES string of the molecule is O=C(Cc1ccc2nc[nH]c2c1)Nc1ccccc1OC(F)F. The van der Waals surface area contributed by atoms with Gasteiger partial charge in [-0.2, -0.15) is 8.78 Å². The molecule has 0 spiro atoms. The Hall–Kier alpha value is -2.96. The van der Waals surface area contributed by atoms with E-state index in [0.29, 0.717) is 0 Å². The quantitative estimate of drug-likeness (QED) is 0.758. The van der Waals surface area contributed by atoms with Crippen molar-refractivity contribution in [3.05, 3.63) is 54.4 Å². The monoisotopic (exact) mass is 317 g/mol. The van der Waals surface area contributed by atoms with Gasteiger partial charge in [-0.1, -0.05) is 18.2 Å². The van der Waals surface area contributed by atoms with E-state index < -0.39 is 6.61 Å². The number of nitrogens with zero attached hydrogens (tertiary/aromatic N) is 1. The molecule has 1 aromatic heterocycles. The Balaban J connectivity index is 1.71. The maximum Gasteiger partial charge on any atom is 0.387 e. The van der Waals surface area contributed by atoms with E-state index in [1.807, 2.05) is 12.1 Å². The number of ether oxygens (including phenoxy) is 1. The van der Waals surface area contributed by atoms with Crippen molar-refractivity contribution in [2.75, 3.05) is 5.32 Å². The molecule has 23 heavy (non-hydrogen) atoms. The molecule has 118 valence electrons. The third-order valence-electron chi connectivity index (χ3n) is 3.23. The van der Waals surface area contributed by atoms with Gasteiger partial charge < -0.3 is 15.0 Å². The molecule has 2 N–H and O–H groups in total. The van der Waals surface area contributed by atoms with Crippen LogP contribution in [0.5, 0.6) is 5.75 Å². The van der Waals surface area contributed by atoms with Crippen LogP contribution >= 0.6 is 0 Å². The van der Waals surface area contributed by atoms with Crippen molar-refractivity contribution in [1.82, 2.24) is 9.97 Å². The van der Waals surface area contributed by atoms with Crippen molar-refractivity contribution in [3.63, 3.8) is 0 Å². The van der Waals surface area contributed by atoms with Gasteiger partial charge in [-0.25, -0.2) is 4.98 Å². The van der Waals surface area contributed by atoms with E-state index in [9.17, 15) is 13.6 Å². The molecular weight excluding hydrogens is 304 g/mol. The largest absolute Gasteiger partial charge is 0.433 e. The number of anilines is 1. The fourth-order valence-corrected chi connectivity index (χ4v) is 2.24. The minimum Gasteiger partial charge on any atom is -0.433 e. The van der Waals surface area contributed by atoms with Crippen LogP contribution in [0.3, 0.4) is 0 Å². The van der Waals surface area contributed by atoms with E-state index in [0.717, 1.165) is 16.6 Å². The lowest BCUT2D eigenvalue weighted by Crippen LogP contribution is -2.15. The van der Waals surface area contributed by atoms with Crippen LogP contribution in [0, 0.1) is 0 Å². The second kappa shape index (κ2) is 6.43. The van der Waals surface area contributed by atoms with Crippen LogP contribution in [0.2, 0.25) is 0 Å². The zero-order valence-electron chi connectivity index (χ0n) is 11.9. The number of hydrogen-bond donors (Lipinski definition) is 2. The molecule has 0 atom stereocenters. The number of H-pyrrole nitrogens is 1. The summed E-state index contributed by atoms with van der Waals surface area (Å²) < 4.78 is 29.1. The first-order valence-corrected chi connectivity index (χ1v) is 6.87. The van der Waals surface area contributed by atoms with Crippen LogP contribution in [0.15, 0.2) is 48.8 Å². The van der Waals surface area contributed by atoms with E-state index in [-0.39, 0.29) is 23.8 Å². The van der Waals surface area contributed by atoms with Crippen molar-refractivity contribution in [2.45, 2.75) is 13.0 Å². The first kappa shape index (κ1) is 15.0. The van der Waals surface area contributed by atoms with Crippen LogP contribution in [-0.2, 0) is 11.2 Å². The second-order valence-electron chi connectivity index (χ2n) is 4.85. The highest BCUT2D eigenvalue weighted by Crippen LogP contribution is 2.25. The summed E-state index contributed by atoms with van der Waals surface area (Å²) in [6.45, 7) is -2.95. The minimum absolute atomic E-state index is 0.0696. The van der Waals surface area contributed by atoms with Crippen LogP contribution < -0.4 is 10.1 Å². The van der Waals surface area contributed by atoms with Gasteiger partial charge in [-0.05, 0) is 29.8 Å². The number of imidazole rings is 1. The predicted octanol–water partition coefficient (Wildman–Crippen LogP) is 3.35. The summed E-state index contributed by atoms with van der Waals surface area (Å²) in [6, 6.07) is 11.5. The van der Waals surface area contributed by atoms with E-state index in [1.165, 1.54) is 12.1 Å². The van der Waals surface area contributed by atoms with E-state index in [1.54, 1.807) is 24.5 Å². The third-order valence-corrected chi connectivity index (χ3v) is 3.23. The fraction of sp³-hybridized carbons (Fsp3) is 0.125. The van der Waals surface area contributed by atoms with E-state index in [4.69, 9.17) is 0 Å². The summed E-state index contributed by atoms with van der Waals surface area (Å²) in [5.74, 6) is -0.394. The molecular formula is C16H13F2N3O2. The summed E-state index contributed by atoms with van der Waals surface area (Å²) in [5, 5.41) is 2.58. The molecule has 0 radical (unpaired) electrons. The highest BCUT2D eigenvalue weighted by molar-refractivity contribution is 5.94. The number of carbonyl (C=O) groups excluding carboxylic acids is 1. The molecule has 0 saturated heterocycles. The summed E-state index contributed by atoms with van der Waals surface area (Å²) in [5.41, 5.74) is 2.63. The number of amides is 1. The average Bonchev–Trinajstić information content (AvgIpc) is 2.96. The smallest absolute Gasteiger partial charge is 0.387 e. The number of fused-ring (bicyclic) bond motifs is 1. The van der Waals surface area contributed by atoms with Crippen molar-refractivity contribution >= 4 is 22.6 Å². The molecule has 0 aliphatic carbocycles. The molecule has 3 aromatic rings. The molecule has 0 unspecified atom stereocenters. The van der Waals surface area contributed by atoms with Gasteiger partial charge in [-0.3, -0.25) is 4.79 Å². The number of alkyl halides is 2. The molecule has 1 amide bonds. The average molecular weight is 317 g/mol. The lowest BCUT2D eigenvalue weighted by Gasteiger charge is -2.11. The standard InChI is InChI=1S/C16H13F2N3O2/c17-16(18)23-14-4-2-1-3-12(14)21-15(22)8-10-5-6-11-13(7-10)20-9-19-11/h1-7,9,16H,8H2,(H,19,20)(H,21,22). The van der Waals surface area contributed by atoms with Gasteiger partial charge in [-0.15, -0.1) is 0 Å². The lowest BCUT2D eigenvalue weighted by molar-refractivity contribution is -0.115. The highest BCUT2D eigenvalue weighted by atomic mass is 19.3. The number of aromatic amines is 1. The molecule has 0 fully saturated rings. The lowest BCUT2D eigenvalue weighted by atomic mass is 10.1. The molecule has 1 heterocycles. The summed E-state index contributed by atoms with van der Waals surface area (Å²) in [4.78, 5) is 19.2. The molecule has 0 bridgehead atoms. The Morgan fingerprint density at radius 2 is 2.09 bits per heavy atom. The molecule has 0 saturated carbocycles. The number of para-hydroxylation sites is 2. The molecule has 3 rings (SSSR count). The number of benzene rings is 2. The van der Waals surface area contributed by atoms with Gasteiger partial charge in [0.1, 0.15) is 5.75 Å². The Morgan fingerprint density at radius 1 is 1.26 bits per heavy atom.